The zero-order chi connectivity index (χ0) is 15.2. The van der Waals surface area contributed by atoms with Gasteiger partial charge in [0.15, 0.2) is 0 Å². The van der Waals surface area contributed by atoms with Gasteiger partial charge in [0.1, 0.15) is 0 Å². The van der Waals surface area contributed by atoms with Crippen LogP contribution in [0, 0.1) is 0 Å². The smallest absolute Gasteiger partial charge is 0.0314 e. The zero-order valence-corrected chi connectivity index (χ0v) is 12.4. The van der Waals surface area contributed by atoms with Crippen molar-refractivity contribution >= 4 is 11.4 Å². The molecule has 2 aromatic rings. The van der Waals surface area contributed by atoms with E-state index in [-0.39, 0.29) is 5.41 Å². The Hall–Kier alpha value is -2.22. The highest BCUT2D eigenvalue weighted by Crippen LogP contribution is 2.28. The van der Waals surface area contributed by atoms with Crippen molar-refractivity contribution in [3.05, 3.63) is 72.8 Å². The summed E-state index contributed by atoms with van der Waals surface area (Å²) >= 11 is 0. The Morgan fingerprint density at radius 2 is 1.20 bits per heavy atom. The normalized spacial score (nSPS) is 10.5. The van der Waals surface area contributed by atoms with Crippen molar-refractivity contribution in [2.24, 2.45) is 0 Å². The Balaban J connectivity index is 0.000000956. The van der Waals surface area contributed by atoms with Gasteiger partial charge in [-0.1, -0.05) is 38.1 Å². The van der Waals surface area contributed by atoms with Gasteiger partial charge in [-0.2, -0.15) is 0 Å². The van der Waals surface area contributed by atoms with E-state index in [0.29, 0.717) is 0 Å². The molecule has 0 unspecified atom stereocenters. The predicted molar refractivity (Wildman–Crippen MR) is 89.7 cm³/mol. The molecule has 2 nitrogen and oxygen atoms in total. The van der Waals surface area contributed by atoms with Gasteiger partial charge in [-0.3, -0.25) is 0 Å². The van der Waals surface area contributed by atoms with Crippen molar-refractivity contribution in [1.82, 2.24) is 0 Å². The molecule has 0 aliphatic heterocycles. The molecule has 0 saturated carbocycles. The first-order valence-corrected chi connectivity index (χ1v) is 6.68. The van der Waals surface area contributed by atoms with Crippen LogP contribution < -0.4 is 11.5 Å². The molecule has 0 spiro atoms. The summed E-state index contributed by atoms with van der Waals surface area (Å²) in [6, 6.07) is 16.2. The molecule has 0 radical (unpaired) electrons. The maximum absolute atomic E-state index is 5.73. The van der Waals surface area contributed by atoms with E-state index >= 15 is 0 Å². The molecule has 0 aromatic heterocycles. The molecule has 2 heteroatoms. The maximum atomic E-state index is 5.73. The number of nitrogen functional groups attached to an aromatic ring is 2. The van der Waals surface area contributed by atoms with Gasteiger partial charge in [0.25, 0.3) is 0 Å². The fourth-order valence-electron chi connectivity index (χ4n) is 2.18. The zero-order valence-electron chi connectivity index (χ0n) is 12.4. The van der Waals surface area contributed by atoms with Crippen molar-refractivity contribution in [1.29, 1.82) is 0 Å². The molecule has 20 heavy (non-hydrogen) atoms. The number of hydrogen-bond acceptors (Lipinski definition) is 2. The van der Waals surface area contributed by atoms with E-state index in [1.807, 2.05) is 24.3 Å². The van der Waals surface area contributed by atoms with E-state index in [1.165, 1.54) is 11.1 Å². The Morgan fingerprint density at radius 1 is 0.800 bits per heavy atom. The first kappa shape index (κ1) is 15.8. The quantitative estimate of drug-likeness (QED) is 0.648. The highest BCUT2D eigenvalue weighted by atomic mass is 14.5. The summed E-state index contributed by atoms with van der Waals surface area (Å²) < 4.78 is 0. The van der Waals surface area contributed by atoms with Gasteiger partial charge < -0.3 is 11.5 Å². The predicted octanol–water partition coefficient (Wildman–Crippen LogP) is 4.17. The van der Waals surface area contributed by atoms with Crippen LogP contribution in [-0.4, -0.2) is 0 Å². The molecule has 0 atom stereocenters. The number of nitrogens with two attached hydrogens (primary N) is 2. The number of rotatable bonds is 3. The van der Waals surface area contributed by atoms with Crippen molar-refractivity contribution in [2.75, 3.05) is 11.5 Å². The second kappa shape index (κ2) is 6.80. The third-order valence-electron chi connectivity index (χ3n) is 3.32. The average Bonchev–Trinajstić information content (AvgIpc) is 2.44. The lowest BCUT2D eigenvalue weighted by Crippen LogP contribution is -2.20. The third kappa shape index (κ3) is 4.16. The van der Waals surface area contributed by atoms with E-state index in [0.717, 1.165) is 17.8 Å². The highest BCUT2D eigenvalue weighted by Gasteiger charge is 2.20. The van der Waals surface area contributed by atoms with E-state index < -0.39 is 0 Å². The van der Waals surface area contributed by atoms with Crippen LogP contribution in [0.2, 0.25) is 0 Å². The molecule has 106 valence electrons. The summed E-state index contributed by atoms with van der Waals surface area (Å²) in [7, 11) is 0. The lowest BCUT2D eigenvalue weighted by molar-refractivity contribution is 0.522. The largest absolute Gasteiger partial charge is 0.399 e. The first-order valence-electron chi connectivity index (χ1n) is 6.68. The summed E-state index contributed by atoms with van der Waals surface area (Å²) in [6.07, 6.45) is 0.983. The van der Waals surface area contributed by atoms with Crippen molar-refractivity contribution in [3.8, 4) is 0 Å². The minimum Gasteiger partial charge on any atom is -0.399 e. The SMILES string of the molecule is C=C.CC(C)(Cc1ccc(N)cc1)c1ccc(N)cc1. The molecule has 0 heterocycles. The Kier molecular flexibility index (Phi) is 5.39. The van der Waals surface area contributed by atoms with Crippen molar-refractivity contribution in [3.63, 3.8) is 0 Å². The molecule has 0 saturated heterocycles. The minimum absolute atomic E-state index is 0.0871. The van der Waals surface area contributed by atoms with Gasteiger partial charge in [-0.15, -0.1) is 13.2 Å². The standard InChI is InChI=1S/C16H20N2.C2H4/c1-16(2,13-5-9-15(18)10-6-13)11-12-3-7-14(17)8-4-12;1-2/h3-10H,11,17-18H2,1-2H3;1-2H2. The van der Waals surface area contributed by atoms with Crippen LogP contribution in [0.1, 0.15) is 25.0 Å². The maximum Gasteiger partial charge on any atom is 0.0314 e. The monoisotopic (exact) mass is 268 g/mol. The summed E-state index contributed by atoms with van der Waals surface area (Å²) in [5.74, 6) is 0. The molecule has 0 aliphatic carbocycles. The Bertz CT molecular complexity index is 524. The molecule has 2 aromatic carbocycles. The van der Waals surface area contributed by atoms with Crippen LogP contribution in [0.4, 0.5) is 11.4 Å². The Morgan fingerprint density at radius 3 is 1.65 bits per heavy atom. The van der Waals surface area contributed by atoms with Crippen molar-refractivity contribution < 1.29 is 0 Å². The van der Waals surface area contributed by atoms with E-state index in [1.54, 1.807) is 0 Å². The number of anilines is 2. The molecule has 0 aliphatic rings. The van der Waals surface area contributed by atoms with Crippen LogP contribution in [0.3, 0.4) is 0 Å². The highest BCUT2D eigenvalue weighted by molar-refractivity contribution is 5.43. The van der Waals surface area contributed by atoms with Gasteiger partial charge in [0.05, 0.1) is 0 Å². The van der Waals surface area contributed by atoms with Gasteiger partial charge in [-0.05, 0) is 47.2 Å². The first-order chi connectivity index (χ1) is 9.47. The topological polar surface area (TPSA) is 52.0 Å². The van der Waals surface area contributed by atoms with Gasteiger partial charge in [0, 0.05) is 11.4 Å². The van der Waals surface area contributed by atoms with Crippen molar-refractivity contribution in [2.45, 2.75) is 25.7 Å². The van der Waals surface area contributed by atoms with E-state index in [2.05, 4.69) is 51.3 Å². The van der Waals surface area contributed by atoms with Gasteiger partial charge >= 0.3 is 0 Å². The number of hydrogen-bond donors (Lipinski definition) is 2. The fourth-order valence-corrected chi connectivity index (χ4v) is 2.18. The molecular formula is C18H24N2. The van der Waals surface area contributed by atoms with Crippen LogP contribution in [-0.2, 0) is 11.8 Å². The molecule has 0 bridgehead atoms. The lowest BCUT2D eigenvalue weighted by atomic mass is 9.79. The average molecular weight is 268 g/mol. The van der Waals surface area contributed by atoms with Crippen LogP contribution >= 0.6 is 0 Å². The summed E-state index contributed by atoms with van der Waals surface area (Å²) in [5.41, 5.74) is 15.7. The second-order valence-electron chi connectivity index (χ2n) is 5.42. The van der Waals surface area contributed by atoms with Crippen LogP contribution in [0.25, 0.3) is 0 Å². The summed E-state index contributed by atoms with van der Waals surface area (Å²) in [5, 5.41) is 0. The lowest BCUT2D eigenvalue weighted by Gasteiger charge is -2.25. The van der Waals surface area contributed by atoms with E-state index in [4.69, 9.17) is 11.5 Å². The third-order valence-corrected chi connectivity index (χ3v) is 3.32. The van der Waals surface area contributed by atoms with Crippen LogP contribution in [0.15, 0.2) is 61.7 Å². The number of benzene rings is 2. The summed E-state index contributed by atoms with van der Waals surface area (Å²) in [6.45, 7) is 10.5. The molecule has 4 N–H and O–H groups in total. The Labute approximate surface area is 122 Å². The molecular weight excluding hydrogens is 244 g/mol. The van der Waals surface area contributed by atoms with Gasteiger partial charge in [-0.25, -0.2) is 0 Å². The van der Waals surface area contributed by atoms with Crippen LogP contribution in [0.5, 0.6) is 0 Å². The van der Waals surface area contributed by atoms with Gasteiger partial charge in [0.2, 0.25) is 0 Å². The molecule has 2 rings (SSSR count). The van der Waals surface area contributed by atoms with E-state index in [9.17, 15) is 0 Å². The summed E-state index contributed by atoms with van der Waals surface area (Å²) in [4.78, 5) is 0. The molecule has 0 fully saturated rings. The fraction of sp³-hybridized carbons (Fsp3) is 0.222. The minimum atomic E-state index is 0.0871. The second-order valence-corrected chi connectivity index (χ2v) is 5.42. The molecule has 0 amide bonds.